The Morgan fingerprint density at radius 1 is 1.44 bits per heavy atom. The molecule has 0 aromatic carbocycles. The van der Waals surface area contributed by atoms with Crippen LogP contribution in [0, 0.1) is 6.92 Å². The lowest BCUT2D eigenvalue weighted by molar-refractivity contribution is 0.454. The van der Waals surface area contributed by atoms with Crippen molar-refractivity contribution in [2.75, 3.05) is 0 Å². The van der Waals surface area contributed by atoms with Crippen LogP contribution in [0.3, 0.4) is 0 Å². The summed E-state index contributed by atoms with van der Waals surface area (Å²) in [6.07, 6.45) is 3.88. The van der Waals surface area contributed by atoms with Gasteiger partial charge in [0.1, 0.15) is 22.3 Å². The van der Waals surface area contributed by atoms with E-state index in [0.29, 0.717) is 10.4 Å². The van der Waals surface area contributed by atoms with E-state index in [2.05, 4.69) is 15.0 Å². The van der Waals surface area contributed by atoms with Gasteiger partial charge in [0.2, 0.25) is 0 Å². The first-order valence-corrected chi connectivity index (χ1v) is 6.00. The number of rotatable bonds is 3. The average molecular weight is 256 g/mol. The predicted octanol–water partition coefficient (Wildman–Crippen LogP) is 3.14. The van der Waals surface area contributed by atoms with Crippen LogP contribution in [0.15, 0.2) is 27.1 Å². The fourth-order valence-corrected chi connectivity index (χ4v) is 2.14. The van der Waals surface area contributed by atoms with Crippen LogP contribution >= 0.6 is 23.4 Å². The van der Waals surface area contributed by atoms with Gasteiger partial charge in [-0.3, -0.25) is 0 Å². The first-order chi connectivity index (χ1) is 7.70. The highest BCUT2D eigenvalue weighted by Gasteiger charge is 2.11. The number of hydrogen-bond donors (Lipinski definition) is 0. The van der Waals surface area contributed by atoms with Gasteiger partial charge in [-0.15, -0.1) is 0 Å². The van der Waals surface area contributed by atoms with Gasteiger partial charge in [-0.25, -0.2) is 15.0 Å². The Morgan fingerprint density at radius 2 is 2.25 bits per heavy atom. The topological polar surface area (TPSA) is 51.8 Å². The molecule has 0 unspecified atom stereocenters. The first kappa shape index (κ1) is 11.4. The molecule has 0 saturated carbocycles. The minimum atomic E-state index is 0.487. The molecule has 16 heavy (non-hydrogen) atoms. The molecule has 2 aromatic rings. The fourth-order valence-electron chi connectivity index (χ4n) is 1.11. The third kappa shape index (κ3) is 2.36. The summed E-state index contributed by atoms with van der Waals surface area (Å²) in [6.45, 7) is 3.87. The SMILES string of the molecule is CCc1nc(Cl)c(C)c(Sc2ncco2)n1. The summed E-state index contributed by atoms with van der Waals surface area (Å²) in [5, 5.41) is 1.83. The predicted molar refractivity (Wildman–Crippen MR) is 61.8 cm³/mol. The zero-order chi connectivity index (χ0) is 11.5. The Bertz CT molecular complexity index is 487. The van der Waals surface area contributed by atoms with E-state index in [1.54, 1.807) is 6.20 Å². The maximum atomic E-state index is 6.02. The molecule has 2 rings (SSSR count). The lowest BCUT2D eigenvalue weighted by atomic mass is 10.3. The number of hydrogen-bond acceptors (Lipinski definition) is 5. The molecule has 0 aliphatic rings. The van der Waals surface area contributed by atoms with Gasteiger partial charge in [0.05, 0.1) is 6.20 Å². The molecular formula is C10H10ClN3OS. The van der Waals surface area contributed by atoms with E-state index in [0.717, 1.165) is 22.8 Å². The summed E-state index contributed by atoms with van der Waals surface area (Å²) in [5.41, 5.74) is 0.849. The highest BCUT2D eigenvalue weighted by atomic mass is 35.5. The van der Waals surface area contributed by atoms with Gasteiger partial charge >= 0.3 is 0 Å². The maximum Gasteiger partial charge on any atom is 0.261 e. The van der Waals surface area contributed by atoms with E-state index in [4.69, 9.17) is 16.0 Å². The molecule has 0 bridgehead atoms. The molecule has 0 saturated heterocycles. The summed E-state index contributed by atoms with van der Waals surface area (Å²) < 4.78 is 5.15. The molecular weight excluding hydrogens is 246 g/mol. The summed E-state index contributed by atoms with van der Waals surface area (Å²) in [4.78, 5) is 12.6. The molecule has 0 fully saturated rings. The number of aryl methyl sites for hydroxylation is 1. The van der Waals surface area contributed by atoms with Crippen LogP contribution in [-0.2, 0) is 6.42 Å². The van der Waals surface area contributed by atoms with Crippen LogP contribution in [0.2, 0.25) is 5.15 Å². The Balaban J connectivity index is 2.36. The zero-order valence-corrected chi connectivity index (χ0v) is 10.5. The quantitative estimate of drug-likeness (QED) is 0.789. The smallest absolute Gasteiger partial charge is 0.261 e. The number of halogens is 1. The second kappa shape index (κ2) is 4.84. The maximum absolute atomic E-state index is 6.02. The first-order valence-electron chi connectivity index (χ1n) is 4.81. The van der Waals surface area contributed by atoms with Crippen LogP contribution in [0.5, 0.6) is 0 Å². The molecule has 6 heteroatoms. The molecule has 0 radical (unpaired) electrons. The summed E-state index contributed by atoms with van der Waals surface area (Å²) in [5.74, 6) is 0.727. The van der Waals surface area contributed by atoms with Crippen LogP contribution in [0.25, 0.3) is 0 Å². The van der Waals surface area contributed by atoms with Crippen molar-refractivity contribution in [3.05, 3.63) is 29.0 Å². The number of oxazole rings is 1. The third-order valence-corrected chi connectivity index (χ3v) is 3.33. The van der Waals surface area contributed by atoms with Crippen molar-refractivity contribution in [3.8, 4) is 0 Å². The van der Waals surface area contributed by atoms with Crippen molar-refractivity contribution in [2.24, 2.45) is 0 Å². The average Bonchev–Trinajstić information content (AvgIpc) is 2.77. The lowest BCUT2D eigenvalue weighted by Gasteiger charge is -2.05. The van der Waals surface area contributed by atoms with E-state index < -0.39 is 0 Å². The van der Waals surface area contributed by atoms with E-state index >= 15 is 0 Å². The molecule has 2 aromatic heterocycles. The van der Waals surface area contributed by atoms with Crippen LogP contribution in [-0.4, -0.2) is 15.0 Å². The minimum absolute atomic E-state index is 0.487. The summed E-state index contributed by atoms with van der Waals surface area (Å²) >= 11 is 7.37. The minimum Gasteiger partial charge on any atom is -0.440 e. The molecule has 0 aliphatic carbocycles. The molecule has 4 nitrogen and oxygen atoms in total. The van der Waals surface area contributed by atoms with Crippen molar-refractivity contribution in [1.82, 2.24) is 15.0 Å². The Hall–Kier alpha value is -1.07. The van der Waals surface area contributed by atoms with Crippen LogP contribution in [0.1, 0.15) is 18.3 Å². The van der Waals surface area contributed by atoms with Gasteiger partial charge in [0.25, 0.3) is 5.22 Å². The molecule has 0 amide bonds. The van der Waals surface area contributed by atoms with Crippen molar-refractivity contribution in [3.63, 3.8) is 0 Å². The summed E-state index contributed by atoms with van der Waals surface area (Å²) in [7, 11) is 0. The zero-order valence-electron chi connectivity index (χ0n) is 8.90. The van der Waals surface area contributed by atoms with Crippen molar-refractivity contribution in [1.29, 1.82) is 0 Å². The van der Waals surface area contributed by atoms with Crippen molar-refractivity contribution < 1.29 is 4.42 Å². The molecule has 0 spiro atoms. The lowest BCUT2D eigenvalue weighted by Crippen LogP contribution is -1.98. The molecule has 84 valence electrons. The van der Waals surface area contributed by atoms with Crippen molar-refractivity contribution >= 4 is 23.4 Å². The van der Waals surface area contributed by atoms with E-state index in [9.17, 15) is 0 Å². The Morgan fingerprint density at radius 3 is 2.88 bits per heavy atom. The molecule has 2 heterocycles. The number of nitrogens with zero attached hydrogens (tertiary/aromatic N) is 3. The largest absolute Gasteiger partial charge is 0.440 e. The highest BCUT2D eigenvalue weighted by molar-refractivity contribution is 7.99. The molecule has 0 atom stereocenters. The van der Waals surface area contributed by atoms with E-state index in [-0.39, 0.29) is 0 Å². The van der Waals surface area contributed by atoms with Gasteiger partial charge < -0.3 is 4.42 Å². The molecule has 0 N–H and O–H groups in total. The Labute approximate surface area is 102 Å². The monoisotopic (exact) mass is 255 g/mol. The Kier molecular flexibility index (Phi) is 3.46. The standard InChI is InChI=1S/C10H10ClN3OS/c1-3-7-13-8(11)6(2)9(14-7)16-10-12-4-5-15-10/h4-5H,3H2,1-2H3. The van der Waals surface area contributed by atoms with Gasteiger partial charge in [0.15, 0.2) is 0 Å². The van der Waals surface area contributed by atoms with Crippen LogP contribution in [0.4, 0.5) is 0 Å². The second-order valence-electron chi connectivity index (χ2n) is 3.11. The van der Waals surface area contributed by atoms with Gasteiger partial charge in [-0.05, 0) is 18.7 Å². The van der Waals surface area contributed by atoms with Gasteiger partial charge in [-0.2, -0.15) is 0 Å². The van der Waals surface area contributed by atoms with Crippen LogP contribution < -0.4 is 0 Å². The van der Waals surface area contributed by atoms with E-state index in [1.165, 1.54) is 18.0 Å². The van der Waals surface area contributed by atoms with Crippen molar-refractivity contribution in [2.45, 2.75) is 30.5 Å². The number of aromatic nitrogens is 3. The molecule has 0 aliphatic heterocycles. The van der Waals surface area contributed by atoms with E-state index in [1.807, 2.05) is 13.8 Å². The third-order valence-electron chi connectivity index (χ3n) is 2.00. The van der Waals surface area contributed by atoms with Gasteiger partial charge in [-0.1, -0.05) is 18.5 Å². The van der Waals surface area contributed by atoms with Gasteiger partial charge in [0, 0.05) is 12.0 Å². The normalized spacial score (nSPS) is 10.7. The second-order valence-corrected chi connectivity index (χ2v) is 4.41. The highest BCUT2D eigenvalue weighted by Crippen LogP contribution is 2.29. The fraction of sp³-hybridized carbons (Fsp3) is 0.300. The summed E-state index contributed by atoms with van der Waals surface area (Å²) in [6, 6.07) is 0.